The smallest absolute Gasteiger partial charge is 0.378 e. The Labute approximate surface area is 181 Å². The Morgan fingerprint density at radius 1 is 0.643 bits per heavy atom. The highest BCUT2D eigenvalue weighted by Gasteiger charge is 2.06. The summed E-state index contributed by atoms with van der Waals surface area (Å²) in [5, 5.41) is -0.528. The number of ether oxygens (including phenoxy) is 2. The van der Waals surface area contributed by atoms with Gasteiger partial charge in [0, 0.05) is 33.1 Å². The van der Waals surface area contributed by atoms with Crippen molar-refractivity contribution in [1.82, 2.24) is 0 Å². The van der Waals surface area contributed by atoms with E-state index in [1.54, 1.807) is 0 Å². The normalized spacial score (nSPS) is 10.4. The maximum absolute atomic E-state index is 11.7. The molecule has 0 aliphatic rings. The van der Waals surface area contributed by atoms with Crippen LogP contribution in [0, 0.1) is 0 Å². The third kappa shape index (κ3) is 10.9. The molecule has 0 aliphatic carbocycles. The average molecular weight is 455 g/mol. The zero-order chi connectivity index (χ0) is 19.9. The number of benzene rings is 2. The van der Waals surface area contributed by atoms with Gasteiger partial charge in [-0.05, 0) is 24.0 Å². The molecule has 28 heavy (non-hydrogen) atoms. The molecule has 2 aromatic carbocycles. The Kier molecular flexibility index (Phi) is 12.1. The fraction of sp³-hybridized carbons (Fsp3) is 0.300. The predicted octanol–water partition coefficient (Wildman–Crippen LogP) is 7.20. The maximum Gasteiger partial charge on any atom is 0.378 e. The van der Waals surface area contributed by atoms with Crippen LogP contribution in [0.25, 0.3) is 0 Å². The first-order chi connectivity index (χ1) is 13.7. The minimum Gasteiger partial charge on any atom is -0.452 e. The lowest BCUT2D eigenvalue weighted by atomic mass is 10.2. The molecule has 0 unspecified atom stereocenters. The van der Waals surface area contributed by atoms with Gasteiger partial charge in [-0.15, -0.1) is 0 Å². The summed E-state index contributed by atoms with van der Waals surface area (Å²) >= 11 is 0. The Balaban J connectivity index is 1.39. The summed E-state index contributed by atoms with van der Waals surface area (Å²) in [4.78, 5) is 23.3. The molecule has 0 saturated heterocycles. The molecular weight excluding hydrogens is 432 g/mol. The molecule has 150 valence electrons. The number of rotatable bonds is 11. The van der Waals surface area contributed by atoms with Crippen molar-refractivity contribution >= 4 is 53.8 Å². The second-order valence-corrected chi connectivity index (χ2v) is 10.3. The molecule has 0 atom stereocenters. The minimum atomic E-state index is -0.264. The van der Waals surface area contributed by atoms with Crippen molar-refractivity contribution in [3.63, 3.8) is 0 Å². The summed E-state index contributed by atoms with van der Waals surface area (Å²) in [6.07, 6.45) is 1.96. The van der Waals surface area contributed by atoms with Gasteiger partial charge in [0.05, 0.1) is 0 Å². The van der Waals surface area contributed by atoms with Crippen molar-refractivity contribution in [2.75, 3.05) is 11.5 Å². The quantitative estimate of drug-likeness (QED) is 0.201. The maximum atomic E-state index is 11.7. The number of hydrogen-bond donors (Lipinski definition) is 0. The molecule has 0 N–H and O–H groups in total. The van der Waals surface area contributed by atoms with Gasteiger partial charge in [-0.1, -0.05) is 82.3 Å². The number of hydrogen-bond acceptors (Lipinski definition) is 8. The van der Waals surface area contributed by atoms with Crippen LogP contribution in [0.15, 0.2) is 60.7 Å². The third-order valence-electron chi connectivity index (χ3n) is 3.36. The lowest BCUT2D eigenvalue weighted by Crippen LogP contribution is -1.97. The van der Waals surface area contributed by atoms with Crippen LogP contribution in [0.3, 0.4) is 0 Å². The zero-order valence-electron chi connectivity index (χ0n) is 15.3. The molecule has 8 heteroatoms. The minimum absolute atomic E-state index is 0.264. The van der Waals surface area contributed by atoms with Crippen LogP contribution in [-0.2, 0) is 22.7 Å². The van der Waals surface area contributed by atoms with Gasteiger partial charge < -0.3 is 9.47 Å². The number of unbranched alkanes of at least 4 members (excludes halogenated alkanes) is 1. The summed E-state index contributed by atoms with van der Waals surface area (Å²) in [5.41, 5.74) is 1.97. The van der Waals surface area contributed by atoms with E-state index in [-0.39, 0.29) is 10.6 Å². The van der Waals surface area contributed by atoms with Gasteiger partial charge in [-0.25, -0.2) is 9.59 Å². The molecule has 0 bridgehead atoms. The highest BCUT2D eigenvalue weighted by atomic mass is 33.1. The largest absolute Gasteiger partial charge is 0.452 e. The van der Waals surface area contributed by atoms with Gasteiger partial charge in [0.15, 0.2) is 0 Å². The van der Waals surface area contributed by atoms with E-state index in [2.05, 4.69) is 0 Å². The molecule has 4 nitrogen and oxygen atoms in total. The number of carbonyl (C=O) groups excluding carboxylic acids is 2. The molecule has 0 amide bonds. The van der Waals surface area contributed by atoms with Crippen molar-refractivity contribution in [2.24, 2.45) is 0 Å². The molecular formula is C20H22O4S4. The molecule has 0 saturated carbocycles. The Morgan fingerprint density at radius 3 is 1.43 bits per heavy atom. The SMILES string of the molecule is O=C(OCc1ccccc1)SSCCCCSSC(=O)OCc1ccccc1. The van der Waals surface area contributed by atoms with Crippen molar-refractivity contribution in [2.45, 2.75) is 26.1 Å². The van der Waals surface area contributed by atoms with Gasteiger partial charge >= 0.3 is 10.6 Å². The van der Waals surface area contributed by atoms with E-state index in [1.807, 2.05) is 60.7 Å². The van der Waals surface area contributed by atoms with E-state index in [9.17, 15) is 9.59 Å². The molecule has 2 rings (SSSR count). The van der Waals surface area contributed by atoms with Crippen molar-refractivity contribution in [3.8, 4) is 0 Å². The summed E-state index contributed by atoms with van der Waals surface area (Å²) in [5.74, 6) is 1.74. The van der Waals surface area contributed by atoms with Gasteiger partial charge in [0.2, 0.25) is 0 Å². The van der Waals surface area contributed by atoms with E-state index in [0.717, 1.165) is 57.1 Å². The highest BCUT2D eigenvalue weighted by molar-refractivity contribution is 8.82. The van der Waals surface area contributed by atoms with Crippen molar-refractivity contribution in [1.29, 1.82) is 0 Å². The monoisotopic (exact) mass is 454 g/mol. The van der Waals surface area contributed by atoms with E-state index in [1.165, 1.54) is 21.6 Å². The fourth-order valence-electron chi connectivity index (χ4n) is 1.98. The van der Waals surface area contributed by atoms with Crippen LogP contribution in [0.5, 0.6) is 0 Å². The first kappa shape index (κ1) is 23.1. The lowest BCUT2D eigenvalue weighted by molar-refractivity contribution is 0.168. The van der Waals surface area contributed by atoms with Crippen LogP contribution in [0.4, 0.5) is 9.59 Å². The van der Waals surface area contributed by atoms with Crippen molar-refractivity contribution in [3.05, 3.63) is 71.8 Å². The first-order valence-electron chi connectivity index (χ1n) is 8.74. The van der Waals surface area contributed by atoms with Crippen molar-refractivity contribution < 1.29 is 19.1 Å². The topological polar surface area (TPSA) is 52.6 Å². The number of carbonyl (C=O) groups is 2. The second kappa shape index (κ2) is 14.7. The molecule has 0 aromatic heterocycles. The summed E-state index contributed by atoms with van der Waals surface area (Å²) in [7, 11) is 5.28. The fourth-order valence-corrected chi connectivity index (χ4v) is 5.27. The second-order valence-electron chi connectivity index (χ2n) is 5.57. The van der Waals surface area contributed by atoms with Crippen LogP contribution in [0.1, 0.15) is 24.0 Å². The predicted molar refractivity (Wildman–Crippen MR) is 123 cm³/mol. The summed E-state index contributed by atoms with van der Waals surface area (Å²) < 4.78 is 10.4. The van der Waals surface area contributed by atoms with Gasteiger partial charge in [0.25, 0.3) is 0 Å². The molecule has 0 fully saturated rings. The van der Waals surface area contributed by atoms with E-state index < -0.39 is 0 Å². The third-order valence-corrected chi connectivity index (χ3v) is 7.54. The van der Waals surface area contributed by atoms with Gasteiger partial charge in [-0.3, -0.25) is 0 Å². The summed E-state index contributed by atoms with van der Waals surface area (Å²) in [6, 6.07) is 19.3. The molecule has 0 radical (unpaired) electrons. The van der Waals surface area contributed by atoms with E-state index in [4.69, 9.17) is 9.47 Å². The molecule has 0 heterocycles. The van der Waals surface area contributed by atoms with Crippen LogP contribution in [-0.4, -0.2) is 22.1 Å². The highest BCUT2D eigenvalue weighted by Crippen LogP contribution is 2.28. The Hall–Kier alpha value is -1.22. The standard InChI is InChI=1S/C20H22O4S4/c21-19(23-15-17-9-3-1-4-10-17)27-25-13-7-8-14-26-28-20(22)24-16-18-11-5-2-6-12-18/h1-6,9-12H,7-8,13-16H2. The Morgan fingerprint density at radius 2 is 1.04 bits per heavy atom. The molecule has 2 aromatic rings. The van der Waals surface area contributed by atoms with E-state index >= 15 is 0 Å². The molecule has 0 spiro atoms. The Bertz CT molecular complexity index is 636. The van der Waals surface area contributed by atoms with Crippen LogP contribution < -0.4 is 0 Å². The van der Waals surface area contributed by atoms with Crippen LogP contribution >= 0.6 is 43.2 Å². The van der Waals surface area contributed by atoms with Crippen LogP contribution in [0.2, 0.25) is 0 Å². The van der Waals surface area contributed by atoms with Gasteiger partial charge in [-0.2, -0.15) is 0 Å². The van der Waals surface area contributed by atoms with E-state index in [0.29, 0.717) is 13.2 Å². The zero-order valence-corrected chi connectivity index (χ0v) is 18.5. The summed E-state index contributed by atoms with van der Waals surface area (Å²) in [6.45, 7) is 0.614. The van der Waals surface area contributed by atoms with Gasteiger partial charge in [0.1, 0.15) is 13.2 Å². The average Bonchev–Trinajstić information content (AvgIpc) is 2.74. The lowest BCUT2D eigenvalue weighted by Gasteiger charge is -2.05. The molecule has 0 aliphatic heterocycles. The first-order valence-corrected chi connectivity index (χ1v) is 13.4.